The summed E-state index contributed by atoms with van der Waals surface area (Å²) in [4.78, 5) is 25.6. The lowest BCUT2D eigenvalue weighted by Crippen LogP contribution is -2.50. The minimum Gasteiger partial charge on any atom is -0.480 e. The van der Waals surface area contributed by atoms with Crippen LogP contribution in [0, 0.1) is 5.92 Å². The second-order valence-electron chi connectivity index (χ2n) is 5.22. The van der Waals surface area contributed by atoms with Crippen molar-refractivity contribution in [2.45, 2.75) is 44.0 Å². The van der Waals surface area contributed by atoms with Gasteiger partial charge in [-0.2, -0.15) is 0 Å². The van der Waals surface area contributed by atoms with Crippen molar-refractivity contribution in [2.24, 2.45) is 5.92 Å². The highest BCUT2D eigenvalue weighted by atomic mass is 32.2. The van der Waals surface area contributed by atoms with E-state index in [0.717, 1.165) is 32.2 Å². The van der Waals surface area contributed by atoms with Gasteiger partial charge in [0, 0.05) is 12.3 Å². The molecule has 0 aliphatic carbocycles. The number of rotatable bonds is 4. The van der Waals surface area contributed by atoms with Gasteiger partial charge in [0.2, 0.25) is 5.91 Å². The molecule has 2 N–H and O–H groups in total. The van der Waals surface area contributed by atoms with Crippen LogP contribution in [0.3, 0.4) is 0 Å². The lowest BCUT2D eigenvalue weighted by Gasteiger charge is -2.32. The van der Waals surface area contributed by atoms with E-state index in [9.17, 15) is 14.7 Å². The molecular formula is C13H22N2O3S. The largest absolute Gasteiger partial charge is 0.480 e. The Morgan fingerprint density at radius 1 is 1.47 bits per heavy atom. The molecule has 0 aromatic rings. The van der Waals surface area contributed by atoms with Crippen LogP contribution in [0.5, 0.6) is 0 Å². The average Bonchev–Trinajstić information content (AvgIpc) is 2.83. The van der Waals surface area contributed by atoms with Gasteiger partial charge in [-0.15, -0.1) is 11.8 Å². The van der Waals surface area contributed by atoms with E-state index in [2.05, 4.69) is 12.2 Å². The lowest BCUT2D eigenvalue weighted by atomic mass is 9.97. The Hall–Kier alpha value is -0.750. The summed E-state index contributed by atoms with van der Waals surface area (Å²) in [6.07, 6.45) is 3.71. The van der Waals surface area contributed by atoms with E-state index < -0.39 is 12.0 Å². The van der Waals surface area contributed by atoms with E-state index in [4.69, 9.17) is 0 Å². The van der Waals surface area contributed by atoms with Gasteiger partial charge in [-0.1, -0.05) is 13.3 Å². The predicted octanol–water partition coefficient (Wildman–Crippen LogP) is 1.14. The number of carboxylic acids is 1. The van der Waals surface area contributed by atoms with Crippen LogP contribution in [-0.2, 0) is 9.59 Å². The fourth-order valence-corrected chi connectivity index (χ4v) is 4.31. The van der Waals surface area contributed by atoms with Gasteiger partial charge >= 0.3 is 5.97 Å². The first-order valence-electron chi connectivity index (χ1n) is 7.02. The predicted molar refractivity (Wildman–Crippen MR) is 75.0 cm³/mol. The highest BCUT2D eigenvalue weighted by Gasteiger charge is 2.43. The first-order valence-corrected chi connectivity index (χ1v) is 8.07. The molecule has 6 heteroatoms. The van der Waals surface area contributed by atoms with Crippen molar-refractivity contribution >= 4 is 23.6 Å². The highest BCUT2D eigenvalue weighted by molar-refractivity contribution is 8.00. The number of nitrogens with zero attached hydrogens (tertiary/aromatic N) is 1. The van der Waals surface area contributed by atoms with Crippen molar-refractivity contribution in [3.8, 4) is 0 Å². The Bertz CT molecular complexity index is 345. The number of carboxylic acid groups (broad SMARTS) is 1. The number of hydrogen-bond donors (Lipinski definition) is 2. The molecule has 2 fully saturated rings. The van der Waals surface area contributed by atoms with Gasteiger partial charge in [0.1, 0.15) is 6.04 Å². The second kappa shape index (κ2) is 6.61. The molecule has 2 saturated heterocycles. The van der Waals surface area contributed by atoms with E-state index in [1.165, 1.54) is 0 Å². The van der Waals surface area contributed by atoms with E-state index >= 15 is 0 Å². The first-order chi connectivity index (χ1) is 9.15. The Kier molecular flexibility index (Phi) is 5.10. The molecule has 0 radical (unpaired) electrons. The van der Waals surface area contributed by atoms with Gasteiger partial charge in [-0.3, -0.25) is 4.79 Å². The van der Waals surface area contributed by atoms with Gasteiger partial charge in [0.25, 0.3) is 0 Å². The van der Waals surface area contributed by atoms with Crippen LogP contribution >= 0.6 is 11.8 Å². The van der Waals surface area contributed by atoms with Crippen LogP contribution in [0.1, 0.15) is 32.6 Å². The summed E-state index contributed by atoms with van der Waals surface area (Å²) in [6.45, 7) is 3.71. The lowest BCUT2D eigenvalue weighted by molar-refractivity contribution is -0.151. The van der Waals surface area contributed by atoms with Crippen LogP contribution in [-0.4, -0.2) is 52.1 Å². The zero-order valence-corrected chi connectivity index (χ0v) is 12.1. The first kappa shape index (κ1) is 14.7. The summed E-state index contributed by atoms with van der Waals surface area (Å²) in [5.74, 6) is -0.369. The molecule has 1 amide bonds. The van der Waals surface area contributed by atoms with Gasteiger partial charge in [-0.05, 0) is 25.8 Å². The van der Waals surface area contributed by atoms with Gasteiger partial charge < -0.3 is 15.3 Å². The Morgan fingerprint density at radius 3 is 2.84 bits per heavy atom. The summed E-state index contributed by atoms with van der Waals surface area (Å²) < 4.78 is 0. The number of nitrogens with one attached hydrogen (secondary N) is 1. The Balaban J connectivity index is 2.10. The summed E-state index contributed by atoms with van der Waals surface area (Å²) >= 11 is 1.61. The van der Waals surface area contributed by atoms with Crippen LogP contribution in [0.2, 0.25) is 0 Å². The van der Waals surface area contributed by atoms with Crippen LogP contribution in [0.25, 0.3) is 0 Å². The SMILES string of the molecule is CCCC1SCC(C(=O)O)N1C(=O)C1CCCNC1. The van der Waals surface area contributed by atoms with Crippen molar-refractivity contribution < 1.29 is 14.7 Å². The molecule has 2 rings (SSSR count). The number of aliphatic carboxylic acids is 1. The monoisotopic (exact) mass is 286 g/mol. The average molecular weight is 286 g/mol. The fraction of sp³-hybridized carbons (Fsp3) is 0.846. The van der Waals surface area contributed by atoms with E-state index in [0.29, 0.717) is 12.3 Å². The molecule has 2 heterocycles. The quantitative estimate of drug-likeness (QED) is 0.811. The molecule has 0 bridgehead atoms. The van der Waals surface area contributed by atoms with E-state index in [1.807, 2.05) is 0 Å². The third-order valence-corrected chi connectivity index (χ3v) is 5.17. The molecule has 3 atom stereocenters. The molecular weight excluding hydrogens is 264 g/mol. The second-order valence-corrected chi connectivity index (χ2v) is 6.43. The van der Waals surface area contributed by atoms with E-state index in [1.54, 1.807) is 16.7 Å². The summed E-state index contributed by atoms with van der Waals surface area (Å²) in [6, 6.07) is -0.643. The fourth-order valence-electron chi connectivity index (χ4n) is 2.79. The number of carbonyl (C=O) groups excluding carboxylic acids is 1. The minimum absolute atomic E-state index is 0.0306. The highest BCUT2D eigenvalue weighted by Crippen LogP contribution is 2.34. The molecule has 2 aliphatic rings. The number of thioether (sulfide) groups is 1. The van der Waals surface area contributed by atoms with Crippen molar-refractivity contribution in [1.29, 1.82) is 0 Å². The molecule has 0 aromatic heterocycles. The topological polar surface area (TPSA) is 69.6 Å². The van der Waals surface area contributed by atoms with Crippen LogP contribution in [0.15, 0.2) is 0 Å². The zero-order chi connectivity index (χ0) is 13.8. The molecule has 108 valence electrons. The maximum Gasteiger partial charge on any atom is 0.327 e. The summed E-state index contributed by atoms with van der Waals surface area (Å²) in [7, 11) is 0. The molecule has 0 saturated carbocycles. The van der Waals surface area contributed by atoms with Crippen molar-refractivity contribution in [3.05, 3.63) is 0 Å². The standard InChI is InChI=1S/C13H22N2O3S/c1-2-4-11-15(10(8-19-11)13(17)18)12(16)9-5-3-6-14-7-9/h9-11,14H,2-8H2,1H3,(H,17,18). The van der Waals surface area contributed by atoms with Gasteiger partial charge in [0.15, 0.2) is 0 Å². The third kappa shape index (κ3) is 3.23. The number of hydrogen-bond acceptors (Lipinski definition) is 4. The summed E-state index contributed by atoms with van der Waals surface area (Å²) in [5.41, 5.74) is 0. The normalized spacial score (nSPS) is 31.4. The van der Waals surface area contributed by atoms with Crippen LogP contribution in [0.4, 0.5) is 0 Å². The number of piperidine rings is 1. The number of amides is 1. The number of carbonyl (C=O) groups is 2. The van der Waals surface area contributed by atoms with Crippen molar-refractivity contribution in [2.75, 3.05) is 18.8 Å². The molecule has 5 nitrogen and oxygen atoms in total. The Morgan fingerprint density at radius 2 is 2.26 bits per heavy atom. The van der Waals surface area contributed by atoms with Gasteiger partial charge in [0.05, 0.1) is 11.3 Å². The van der Waals surface area contributed by atoms with Crippen molar-refractivity contribution in [1.82, 2.24) is 10.2 Å². The minimum atomic E-state index is -0.872. The third-order valence-electron chi connectivity index (χ3n) is 3.81. The summed E-state index contributed by atoms with van der Waals surface area (Å²) in [5, 5.41) is 12.6. The molecule has 0 spiro atoms. The molecule has 3 unspecified atom stereocenters. The smallest absolute Gasteiger partial charge is 0.327 e. The molecule has 0 aromatic carbocycles. The molecule has 2 aliphatic heterocycles. The molecule has 19 heavy (non-hydrogen) atoms. The van der Waals surface area contributed by atoms with Gasteiger partial charge in [-0.25, -0.2) is 4.79 Å². The Labute approximate surface area is 118 Å². The van der Waals surface area contributed by atoms with Crippen LogP contribution < -0.4 is 5.32 Å². The van der Waals surface area contributed by atoms with E-state index in [-0.39, 0.29) is 17.2 Å². The zero-order valence-electron chi connectivity index (χ0n) is 11.3. The van der Waals surface area contributed by atoms with Crippen molar-refractivity contribution in [3.63, 3.8) is 0 Å². The maximum absolute atomic E-state index is 12.6. The maximum atomic E-state index is 12.6.